The lowest BCUT2D eigenvalue weighted by atomic mass is 10.2. The third-order valence-corrected chi connectivity index (χ3v) is 2.52. The minimum absolute atomic E-state index is 0.872. The van der Waals surface area contributed by atoms with Gasteiger partial charge < -0.3 is 10.2 Å². The number of hydrogen-bond acceptors (Lipinski definition) is 2. The molecule has 1 rings (SSSR count). The lowest BCUT2D eigenvalue weighted by Gasteiger charge is -2.21. The van der Waals surface area contributed by atoms with E-state index in [2.05, 4.69) is 30.1 Å². The number of rotatable bonds is 3. The van der Waals surface area contributed by atoms with Crippen LogP contribution >= 0.6 is 0 Å². The van der Waals surface area contributed by atoms with E-state index in [0.29, 0.717) is 0 Å². The van der Waals surface area contributed by atoms with Crippen molar-refractivity contribution in [1.82, 2.24) is 10.2 Å². The van der Waals surface area contributed by atoms with Gasteiger partial charge in [0.25, 0.3) is 0 Å². The molecule has 1 atom stereocenters. The van der Waals surface area contributed by atoms with E-state index < -0.39 is 0 Å². The first-order valence-electron chi connectivity index (χ1n) is 4.82. The zero-order valence-corrected chi connectivity index (χ0v) is 8.43. The Morgan fingerprint density at radius 2 is 2.42 bits per heavy atom. The Balaban J connectivity index is 2.45. The van der Waals surface area contributed by atoms with Crippen LogP contribution in [-0.4, -0.2) is 31.6 Å². The molecule has 1 heterocycles. The maximum absolute atomic E-state index is 3.20. The Bertz CT molecular complexity index is 163. The van der Waals surface area contributed by atoms with Crippen LogP contribution in [-0.2, 0) is 0 Å². The lowest BCUT2D eigenvalue weighted by molar-refractivity contribution is 0.397. The van der Waals surface area contributed by atoms with Crippen LogP contribution in [0.5, 0.6) is 0 Å². The van der Waals surface area contributed by atoms with E-state index in [-0.39, 0.29) is 0 Å². The number of hydrogen-bond donors (Lipinski definition) is 1. The van der Waals surface area contributed by atoms with Gasteiger partial charge in [-0.15, -0.1) is 0 Å². The molecule has 0 aromatic heterocycles. The number of allylic oxidation sites excluding steroid dienone is 1. The van der Waals surface area contributed by atoms with Gasteiger partial charge >= 0.3 is 0 Å². The molecule has 0 spiro atoms. The lowest BCUT2D eigenvalue weighted by Crippen LogP contribution is -2.26. The second-order valence-electron chi connectivity index (χ2n) is 3.65. The molecule has 2 heteroatoms. The highest BCUT2D eigenvalue weighted by Crippen LogP contribution is 2.19. The summed E-state index contributed by atoms with van der Waals surface area (Å²) in [4.78, 5) is 2.49. The van der Waals surface area contributed by atoms with Crippen LogP contribution in [0.1, 0.15) is 20.3 Å². The van der Waals surface area contributed by atoms with Crippen molar-refractivity contribution in [2.45, 2.75) is 20.3 Å². The third-order valence-electron chi connectivity index (χ3n) is 2.52. The maximum Gasteiger partial charge on any atom is 0.0350 e. The zero-order valence-electron chi connectivity index (χ0n) is 8.43. The molecule has 1 aliphatic heterocycles. The molecule has 1 aliphatic rings. The molecule has 0 aromatic rings. The van der Waals surface area contributed by atoms with Gasteiger partial charge in [0.1, 0.15) is 0 Å². The smallest absolute Gasteiger partial charge is 0.0350 e. The van der Waals surface area contributed by atoms with Crippen molar-refractivity contribution in [1.29, 1.82) is 0 Å². The molecule has 0 aliphatic carbocycles. The highest BCUT2D eigenvalue weighted by atomic mass is 15.2. The summed E-state index contributed by atoms with van der Waals surface area (Å²) < 4.78 is 0. The van der Waals surface area contributed by atoms with Gasteiger partial charge in [0.05, 0.1) is 0 Å². The molecular weight excluding hydrogens is 148 g/mol. The van der Waals surface area contributed by atoms with Crippen LogP contribution in [0, 0.1) is 5.92 Å². The summed E-state index contributed by atoms with van der Waals surface area (Å²) in [5, 5.41) is 3.20. The average Bonchev–Trinajstić information content (AvgIpc) is 2.47. The highest BCUT2D eigenvalue weighted by Gasteiger charge is 2.19. The SMILES string of the molecule is C/C=C(\CNC)N1CCC(C)C1. The minimum Gasteiger partial charge on any atom is -0.374 e. The Morgan fingerprint density at radius 3 is 2.83 bits per heavy atom. The molecule has 0 bridgehead atoms. The van der Waals surface area contributed by atoms with E-state index in [9.17, 15) is 0 Å². The van der Waals surface area contributed by atoms with Gasteiger partial charge in [-0.05, 0) is 26.3 Å². The summed E-state index contributed by atoms with van der Waals surface area (Å²) in [6.07, 6.45) is 3.57. The van der Waals surface area contributed by atoms with Crippen LogP contribution < -0.4 is 5.32 Å². The molecule has 0 amide bonds. The topological polar surface area (TPSA) is 15.3 Å². The fraction of sp³-hybridized carbons (Fsp3) is 0.800. The molecule has 2 nitrogen and oxygen atoms in total. The first-order chi connectivity index (χ1) is 5.77. The minimum atomic E-state index is 0.872. The molecule has 1 unspecified atom stereocenters. The summed E-state index contributed by atoms with van der Waals surface area (Å²) in [6, 6.07) is 0. The molecule has 0 aromatic carbocycles. The van der Waals surface area contributed by atoms with Crippen LogP contribution in [0.15, 0.2) is 11.8 Å². The second kappa shape index (κ2) is 4.51. The van der Waals surface area contributed by atoms with Crippen molar-refractivity contribution in [3.05, 3.63) is 11.8 Å². The van der Waals surface area contributed by atoms with Gasteiger partial charge in [-0.25, -0.2) is 0 Å². The Morgan fingerprint density at radius 1 is 1.67 bits per heavy atom. The largest absolute Gasteiger partial charge is 0.374 e. The number of nitrogens with one attached hydrogen (secondary N) is 1. The molecule has 0 saturated carbocycles. The van der Waals surface area contributed by atoms with Crippen molar-refractivity contribution >= 4 is 0 Å². The van der Waals surface area contributed by atoms with Gasteiger partial charge in [-0.1, -0.05) is 13.0 Å². The van der Waals surface area contributed by atoms with Gasteiger partial charge in [0.15, 0.2) is 0 Å². The van der Waals surface area contributed by atoms with E-state index in [1.54, 1.807) is 0 Å². The molecule has 12 heavy (non-hydrogen) atoms. The summed E-state index contributed by atoms with van der Waals surface area (Å²) in [7, 11) is 2.00. The van der Waals surface area contributed by atoms with E-state index in [1.165, 1.54) is 25.2 Å². The van der Waals surface area contributed by atoms with Crippen LogP contribution in [0.4, 0.5) is 0 Å². The molecular formula is C10H20N2. The fourth-order valence-corrected chi connectivity index (χ4v) is 1.77. The standard InChI is InChI=1S/C10H20N2/c1-4-10(7-11-3)12-6-5-9(2)8-12/h4,9,11H,5-8H2,1-3H3/b10-4+. The Kier molecular flexibility index (Phi) is 3.60. The normalized spacial score (nSPS) is 25.1. The molecule has 1 N–H and O–H groups in total. The van der Waals surface area contributed by atoms with E-state index >= 15 is 0 Å². The number of nitrogens with zero attached hydrogens (tertiary/aromatic N) is 1. The number of likely N-dealkylation sites (tertiary alicyclic amines) is 1. The van der Waals surface area contributed by atoms with Gasteiger partial charge in [-0.3, -0.25) is 0 Å². The predicted molar refractivity (Wildman–Crippen MR) is 53.0 cm³/mol. The van der Waals surface area contributed by atoms with E-state index in [1.807, 2.05) is 7.05 Å². The second-order valence-corrected chi connectivity index (χ2v) is 3.65. The average molecular weight is 168 g/mol. The first-order valence-corrected chi connectivity index (χ1v) is 4.82. The summed E-state index contributed by atoms with van der Waals surface area (Å²) >= 11 is 0. The summed E-state index contributed by atoms with van der Waals surface area (Å²) in [5.41, 5.74) is 1.45. The predicted octanol–water partition coefficient (Wildman–Crippen LogP) is 1.45. The molecule has 70 valence electrons. The zero-order chi connectivity index (χ0) is 8.97. The Hall–Kier alpha value is -0.500. The van der Waals surface area contributed by atoms with Crippen molar-refractivity contribution in [3.8, 4) is 0 Å². The van der Waals surface area contributed by atoms with Crippen molar-refractivity contribution in [3.63, 3.8) is 0 Å². The van der Waals surface area contributed by atoms with Crippen molar-refractivity contribution in [2.24, 2.45) is 5.92 Å². The summed E-state index contributed by atoms with van der Waals surface area (Å²) in [5.74, 6) is 0.872. The van der Waals surface area contributed by atoms with Gasteiger partial charge in [-0.2, -0.15) is 0 Å². The summed E-state index contributed by atoms with van der Waals surface area (Å²) in [6.45, 7) is 7.93. The van der Waals surface area contributed by atoms with Crippen LogP contribution in [0.3, 0.4) is 0 Å². The van der Waals surface area contributed by atoms with Crippen molar-refractivity contribution < 1.29 is 0 Å². The molecule has 1 saturated heterocycles. The first kappa shape index (κ1) is 9.59. The third kappa shape index (κ3) is 2.24. The monoisotopic (exact) mass is 168 g/mol. The fourth-order valence-electron chi connectivity index (χ4n) is 1.77. The van der Waals surface area contributed by atoms with Crippen LogP contribution in [0.25, 0.3) is 0 Å². The Labute approximate surface area is 75.6 Å². The maximum atomic E-state index is 3.20. The van der Waals surface area contributed by atoms with Gasteiger partial charge in [0, 0.05) is 25.3 Å². The molecule has 1 fully saturated rings. The highest BCUT2D eigenvalue weighted by molar-refractivity contribution is 5.03. The van der Waals surface area contributed by atoms with E-state index in [4.69, 9.17) is 0 Å². The van der Waals surface area contributed by atoms with E-state index in [0.717, 1.165) is 12.5 Å². The number of likely N-dealkylation sites (N-methyl/N-ethyl adjacent to an activating group) is 1. The van der Waals surface area contributed by atoms with Crippen molar-refractivity contribution in [2.75, 3.05) is 26.7 Å². The molecule has 0 radical (unpaired) electrons. The van der Waals surface area contributed by atoms with Gasteiger partial charge in [0.2, 0.25) is 0 Å². The van der Waals surface area contributed by atoms with Crippen LogP contribution in [0.2, 0.25) is 0 Å². The quantitative estimate of drug-likeness (QED) is 0.686.